The average molecular weight is 439 g/mol. The molecule has 5 aromatic rings. The Morgan fingerprint density at radius 3 is 2.36 bits per heavy atom. The lowest BCUT2D eigenvalue weighted by Gasteiger charge is -2.10. The third-order valence-corrected chi connectivity index (χ3v) is 5.12. The van der Waals surface area contributed by atoms with Crippen molar-refractivity contribution in [3.8, 4) is 22.4 Å². The van der Waals surface area contributed by atoms with Crippen LogP contribution in [0.3, 0.4) is 0 Å². The third kappa shape index (κ3) is 4.09. The predicted molar refractivity (Wildman–Crippen MR) is 126 cm³/mol. The molecule has 5 rings (SSSR count). The Morgan fingerprint density at radius 2 is 1.61 bits per heavy atom. The van der Waals surface area contributed by atoms with Gasteiger partial charge in [0.15, 0.2) is 0 Å². The van der Waals surface area contributed by atoms with Crippen molar-refractivity contribution in [3.63, 3.8) is 0 Å². The second-order valence-electron chi connectivity index (χ2n) is 7.30. The molecule has 2 aromatic heterocycles. The summed E-state index contributed by atoms with van der Waals surface area (Å²) in [5.74, 6) is -0.330. The number of carbonyl (C=O) groups excluding carboxylic acids is 1. The standard InChI is InChI=1S/C25H18FN5O2/c26-19-8-4-5-9-20(19)30-25(32)28-17-12-10-15(11-13-17)18-14-21(16-6-2-1-3-7-16)29-24-22(18)23(27)33-31-24/h1-14H,27H2,(H2,28,30,32). The molecule has 2 amide bonds. The summed E-state index contributed by atoms with van der Waals surface area (Å²) in [6, 6.07) is 24.2. The van der Waals surface area contributed by atoms with E-state index in [1.165, 1.54) is 12.1 Å². The first-order chi connectivity index (χ1) is 16.1. The molecule has 2 heterocycles. The van der Waals surface area contributed by atoms with Gasteiger partial charge in [0.25, 0.3) is 0 Å². The van der Waals surface area contributed by atoms with Crippen LogP contribution in [0.1, 0.15) is 0 Å². The summed E-state index contributed by atoms with van der Waals surface area (Å²) in [5, 5.41) is 9.79. The first-order valence-corrected chi connectivity index (χ1v) is 10.1. The number of hydrogen-bond acceptors (Lipinski definition) is 5. The van der Waals surface area contributed by atoms with Gasteiger partial charge in [0.1, 0.15) is 5.82 Å². The molecule has 0 saturated heterocycles. The number of nitrogen functional groups attached to an aromatic ring is 1. The van der Waals surface area contributed by atoms with Gasteiger partial charge in [-0.05, 0) is 35.9 Å². The van der Waals surface area contributed by atoms with Crippen molar-refractivity contribution in [1.82, 2.24) is 10.1 Å². The molecule has 0 radical (unpaired) electrons. The summed E-state index contributed by atoms with van der Waals surface area (Å²) in [6.07, 6.45) is 0. The fourth-order valence-electron chi connectivity index (χ4n) is 3.54. The van der Waals surface area contributed by atoms with E-state index >= 15 is 0 Å². The van der Waals surface area contributed by atoms with Gasteiger partial charge in [-0.25, -0.2) is 14.2 Å². The van der Waals surface area contributed by atoms with Crippen LogP contribution in [0, 0.1) is 5.82 Å². The number of carbonyl (C=O) groups is 1. The zero-order valence-corrected chi connectivity index (χ0v) is 17.2. The number of para-hydroxylation sites is 1. The molecule has 0 bridgehead atoms. The zero-order valence-electron chi connectivity index (χ0n) is 17.2. The van der Waals surface area contributed by atoms with Gasteiger partial charge < -0.3 is 20.9 Å². The van der Waals surface area contributed by atoms with Gasteiger partial charge in [-0.15, -0.1) is 0 Å². The average Bonchev–Trinajstić information content (AvgIpc) is 3.22. The van der Waals surface area contributed by atoms with E-state index in [1.54, 1.807) is 24.3 Å². The zero-order chi connectivity index (χ0) is 22.8. The van der Waals surface area contributed by atoms with Crippen molar-refractivity contribution in [1.29, 1.82) is 0 Å². The number of aromatic nitrogens is 2. The van der Waals surface area contributed by atoms with Gasteiger partial charge in [-0.2, -0.15) is 0 Å². The number of benzene rings is 3. The van der Waals surface area contributed by atoms with Crippen molar-refractivity contribution in [3.05, 3.63) is 90.7 Å². The highest BCUT2D eigenvalue weighted by molar-refractivity contribution is 6.02. The minimum Gasteiger partial charge on any atom is -0.367 e. The molecular weight excluding hydrogens is 421 g/mol. The fraction of sp³-hybridized carbons (Fsp3) is 0. The molecule has 8 heteroatoms. The Kier molecular flexibility index (Phi) is 5.16. The second-order valence-corrected chi connectivity index (χ2v) is 7.30. The number of nitrogens with one attached hydrogen (secondary N) is 2. The van der Waals surface area contributed by atoms with Gasteiger partial charge in [-0.3, -0.25) is 0 Å². The van der Waals surface area contributed by atoms with Crippen LogP contribution in [0.25, 0.3) is 33.4 Å². The largest absolute Gasteiger partial charge is 0.367 e. The van der Waals surface area contributed by atoms with E-state index in [2.05, 4.69) is 20.8 Å². The van der Waals surface area contributed by atoms with Crippen molar-refractivity contribution in [2.24, 2.45) is 0 Å². The summed E-state index contributed by atoms with van der Waals surface area (Å²) < 4.78 is 18.9. The maximum atomic E-state index is 13.7. The van der Waals surface area contributed by atoms with E-state index in [0.29, 0.717) is 16.7 Å². The quantitative estimate of drug-likeness (QED) is 0.322. The van der Waals surface area contributed by atoms with Crippen molar-refractivity contribution in [2.75, 3.05) is 16.4 Å². The summed E-state index contributed by atoms with van der Waals surface area (Å²) in [6.45, 7) is 0. The normalized spacial score (nSPS) is 10.8. The number of fused-ring (bicyclic) bond motifs is 1. The number of urea groups is 1. The Morgan fingerprint density at radius 1 is 0.879 bits per heavy atom. The minimum atomic E-state index is -0.547. The van der Waals surface area contributed by atoms with Gasteiger partial charge >= 0.3 is 6.03 Å². The first kappa shape index (κ1) is 20.2. The van der Waals surface area contributed by atoms with Crippen LogP contribution in [-0.4, -0.2) is 16.2 Å². The lowest BCUT2D eigenvalue weighted by molar-refractivity contribution is 0.262. The molecule has 7 nitrogen and oxygen atoms in total. The Hall–Kier alpha value is -4.72. The van der Waals surface area contributed by atoms with E-state index in [1.807, 2.05) is 48.5 Å². The van der Waals surface area contributed by atoms with Crippen molar-refractivity contribution < 1.29 is 13.7 Å². The molecule has 3 aromatic carbocycles. The summed E-state index contributed by atoms with van der Waals surface area (Å²) in [4.78, 5) is 16.8. The van der Waals surface area contributed by atoms with E-state index in [-0.39, 0.29) is 11.6 Å². The van der Waals surface area contributed by atoms with Crippen LogP contribution in [0.4, 0.5) is 26.4 Å². The molecule has 0 fully saturated rings. The number of anilines is 3. The molecular formula is C25H18FN5O2. The van der Waals surface area contributed by atoms with Crippen LogP contribution in [-0.2, 0) is 0 Å². The van der Waals surface area contributed by atoms with Crippen LogP contribution < -0.4 is 16.4 Å². The third-order valence-electron chi connectivity index (χ3n) is 5.12. The minimum absolute atomic E-state index is 0.0992. The molecule has 0 aliphatic heterocycles. The van der Waals surface area contributed by atoms with E-state index in [9.17, 15) is 9.18 Å². The van der Waals surface area contributed by atoms with Gasteiger partial charge in [-0.1, -0.05) is 59.8 Å². The highest BCUT2D eigenvalue weighted by Gasteiger charge is 2.16. The van der Waals surface area contributed by atoms with E-state index < -0.39 is 11.8 Å². The monoisotopic (exact) mass is 439 g/mol. The first-order valence-electron chi connectivity index (χ1n) is 10.1. The highest BCUT2D eigenvalue weighted by Crippen LogP contribution is 2.35. The molecule has 0 aliphatic rings. The maximum absolute atomic E-state index is 13.7. The molecule has 0 unspecified atom stereocenters. The van der Waals surface area contributed by atoms with Crippen molar-refractivity contribution >= 4 is 34.3 Å². The van der Waals surface area contributed by atoms with Gasteiger partial charge in [0, 0.05) is 16.8 Å². The molecule has 162 valence electrons. The SMILES string of the molecule is Nc1onc2nc(-c3ccccc3)cc(-c3ccc(NC(=O)Nc4ccccc4F)cc3)c12. The number of nitrogens with zero attached hydrogens (tertiary/aromatic N) is 2. The van der Waals surface area contributed by atoms with E-state index in [0.717, 1.165) is 22.4 Å². The topological polar surface area (TPSA) is 106 Å². The predicted octanol–water partition coefficient (Wildman–Crippen LogP) is 5.92. The summed E-state index contributed by atoms with van der Waals surface area (Å²) >= 11 is 0. The molecule has 0 atom stereocenters. The number of rotatable bonds is 4. The fourth-order valence-corrected chi connectivity index (χ4v) is 3.54. The number of pyridine rings is 1. The molecule has 0 saturated carbocycles. The van der Waals surface area contributed by atoms with Gasteiger partial charge in [0.05, 0.1) is 16.8 Å². The Balaban J connectivity index is 1.44. The van der Waals surface area contributed by atoms with Crippen LogP contribution in [0.15, 0.2) is 89.5 Å². The number of amides is 2. The number of nitrogens with two attached hydrogens (primary N) is 1. The van der Waals surface area contributed by atoms with Gasteiger partial charge in [0.2, 0.25) is 11.5 Å². The molecule has 4 N–H and O–H groups in total. The Labute approximate surface area is 188 Å². The Bertz CT molecular complexity index is 1450. The molecule has 33 heavy (non-hydrogen) atoms. The molecule has 0 aliphatic carbocycles. The smallest absolute Gasteiger partial charge is 0.323 e. The van der Waals surface area contributed by atoms with Crippen molar-refractivity contribution in [2.45, 2.75) is 0 Å². The lowest BCUT2D eigenvalue weighted by atomic mass is 10.00. The second kappa shape index (κ2) is 8.43. The van der Waals surface area contributed by atoms with E-state index in [4.69, 9.17) is 10.3 Å². The maximum Gasteiger partial charge on any atom is 0.323 e. The van der Waals surface area contributed by atoms with Crippen LogP contribution >= 0.6 is 0 Å². The lowest BCUT2D eigenvalue weighted by Crippen LogP contribution is -2.20. The number of halogens is 1. The summed E-state index contributed by atoms with van der Waals surface area (Å²) in [7, 11) is 0. The van der Waals surface area contributed by atoms with Crippen LogP contribution in [0.2, 0.25) is 0 Å². The van der Waals surface area contributed by atoms with Crippen LogP contribution in [0.5, 0.6) is 0 Å². The summed E-state index contributed by atoms with van der Waals surface area (Å²) in [5.41, 5.74) is 10.4. The highest BCUT2D eigenvalue weighted by atomic mass is 19.1. The molecule has 0 spiro atoms. The number of hydrogen-bond donors (Lipinski definition) is 3.